The third-order valence-corrected chi connectivity index (χ3v) is 6.40. The van der Waals surface area contributed by atoms with Gasteiger partial charge in [-0.1, -0.05) is 12.1 Å². The van der Waals surface area contributed by atoms with E-state index < -0.39 is 24.3 Å². The molecular weight excluding hydrogens is 439 g/mol. The van der Waals surface area contributed by atoms with E-state index in [1.165, 1.54) is 35.6 Å². The van der Waals surface area contributed by atoms with Gasteiger partial charge in [-0.05, 0) is 43.2 Å². The van der Waals surface area contributed by atoms with Crippen LogP contribution >= 0.6 is 11.3 Å². The molecule has 1 aliphatic heterocycles. The van der Waals surface area contributed by atoms with E-state index in [4.69, 9.17) is 0 Å². The van der Waals surface area contributed by atoms with Gasteiger partial charge in [-0.3, -0.25) is 4.79 Å². The summed E-state index contributed by atoms with van der Waals surface area (Å²) in [6.45, 7) is -2.26. The molecule has 0 N–H and O–H groups in total. The van der Waals surface area contributed by atoms with E-state index in [0.29, 0.717) is 36.1 Å². The number of carbonyl (C=O) groups excluding carboxylic acids is 1. The number of para-hydroxylation sites is 1. The SMILES string of the molecule is O=C(c1ccccc1OC(F)F)N1CCC(c2nc3cc(C(F)(F)F)ccc3s2)CC1. The number of carbonyl (C=O) groups is 1. The van der Waals surface area contributed by atoms with Gasteiger partial charge in [0.1, 0.15) is 5.75 Å². The van der Waals surface area contributed by atoms with E-state index in [1.807, 2.05) is 0 Å². The fourth-order valence-corrected chi connectivity index (χ4v) is 4.76. The molecule has 0 unspecified atom stereocenters. The van der Waals surface area contributed by atoms with E-state index in [-0.39, 0.29) is 17.2 Å². The molecule has 1 saturated heterocycles. The second kappa shape index (κ2) is 8.41. The maximum Gasteiger partial charge on any atom is 0.416 e. The van der Waals surface area contributed by atoms with Gasteiger partial charge >= 0.3 is 12.8 Å². The quantitative estimate of drug-likeness (QED) is 0.457. The third-order valence-electron chi connectivity index (χ3n) is 5.20. The van der Waals surface area contributed by atoms with E-state index >= 15 is 0 Å². The zero-order valence-corrected chi connectivity index (χ0v) is 16.9. The number of amides is 1. The lowest BCUT2D eigenvalue weighted by Gasteiger charge is -2.31. The molecule has 0 spiro atoms. The first kappa shape index (κ1) is 21.5. The number of fused-ring (bicyclic) bond motifs is 1. The molecule has 1 fully saturated rings. The molecule has 0 bridgehead atoms. The summed E-state index contributed by atoms with van der Waals surface area (Å²) in [7, 11) is 0. The van der Waals surface area contributed by atoms with Crippen LogP contribution in [0.1, 0.15) is 39.7 Å². The van der Waals surface area contributed by atoms with Crippen molar-refractivity contribution in [2.24, 2.45) is 0 Å². The van der Waals surface area contributed by atoms with Crippen LogP contribution in [0.4, 0.5) is 22.0 Å². The molecule has 0 radical (unpaired) electrons. The molecule has 4 rings (SSSR count). The Morgan fingerprint density at radius 1 is 1.13 bits per heavy atom. The topological polar surface area (TPSA) is 42.4 Å². The maximum absolute atomic E-state index is 12.9. The minimum atomic E-state index is -4.42. The standard InChI is InChI=1S/C21H17F5N2O2S/c22-20(23)30-16-4-2-1-3-14(16)19(29)28-9-7-12(8-10-28)18-27-15-11-13(21(24,25)26)5-6-17(15)31-18/h1-6,11-12,20H,7-10H2. The Kier molecular flexibility index (Phi) is 5.83. The molecule has 1 amide bonds. The number of benzene rings is 2. The Bertz CT molecular complexity index is 1090. The summed E-state index contributed by atoms with van der Waals surface area (Å²) in [4.78, 5) is 18.8. The van der Waals surface area contributed by atoms with Crippen molar-refractivity contribution in [1.82, 2.24) is 9.88 Å². The highest BCUT2D eigenvalue weighted by Crippen LogP contribution is 2.37. The number of hydrogen-bond donors (Lipinski definition) is 0. The van der Waals surface area contributed by atoms with Gasteiger partial charge in [0, 0.05) is 19.0 Å². The fourth-order valence-electron chi connectivity index (χ4n) is 3.64. The van der Waals surface area contributed by atoms with Crippen molar-refractivity contribution in [3.05, 3.63) is 58.6 Å². The van der Waals surface area contributed by atoms with Crippen molar-refractivity contribution < 1.29 is 31.5 Å². The van der Waals surface area contributed by atoms with E-state index in [2.05, 4.69) is 9.72 Å². The minimum absolute atomic E-state index is 0.0170. The van der Waals surface area contributed by atoms with Gasteiger partial charge in [0.25, 0.3) is 5.91 Å². The third kappa shape index (κ3) is 4.63. The largest absolute Gasteiger partial charge is 0.434 e. The van der Waals surface area contributed by atoms with E-state index in [0.717, 1.165) is 17.1 Å². The lowest BCUT2D eigenvalue weighted by Crippen LogP contribution is -2.38. The number of piperidine rings is 1. The summed E-state index contributed by atoms with van der Waals surface area (Å²) < 4.78 is 69.1. The van der Waals surface area contributed by atoms with Crippen molar-refractivity contribution in [3.8, 4) is 5.75 Å². The number of hydrogen-bond acceptors (Lipinski definition) is 4. The van der Waals surface area contributed by atoms with Gasteiger partial charge in [-0.15, -0.1) is 11.3 Å². The molecule has 0 saturated carbocycles. The predicted octanol–water partition coefficient (Wildman–Crippen LogP) is 5.94. The average Bonchev–Trinajstić information content (AvgIpc) is 3.16. The van der Waals surface area contributed by atoms with Crippen molar-refractivity contribution in [1.29, 1.82) is 0 Å². The van der Waals surface area contributed by atoms with Crippen molar-refractivity contribution in [2.45, 2.75) is 31.5 Å². The highest BCUT2D eigenvalue weighted by molar-refractivity contribution is 7.18. The minimum Gasteiger partial charge on any atom is -0.434 e. The number of aromatic nitrogens is 1. The molecule has 10 heteroatoms. The van der Waals surface area contributed by atoms with Crippen LogP contribution in [0.25, 0.3) is 10.2 Å². The number of halogens is 5. The molecule has 3 aromatic rings. The summed E-state index contributed by atoms with van der Waals surface area (Å²) >= 11 is 1.35. The van der Waals surface area contributed by atoms with E-state index in [1.54, 1.807) is 11.0 Å². The summed E-state index contributed by atoms with van der Waals surface area (Å²) in [5.41, 5.74) is -0.353. The molecule has 31 heavy (non-hydrogen) atoms. The molecule has 1 aromatic heterocycles. The zero-order chi connectivity index (χ0) is 22.2. The Hall–Kier alpha value is -2.75. The van der Waals surface area contributed by atoms with Gasteiger partial charge in [0.05, 0.1) is 26.4 Å². The normalized spacial score (nSPS) is 15.6. The van der Waals surface area contributed by atoms with E-state index in [9.17, 15) is 26.7 Å². The van der Waals surface area contributed by atoms with Gasteiger partial charge in [-0.2, -0.15) is 22.0 Å². The summed E-state index contributed by atoms with van der Waals surface area (Å²) in [6, 6.07) is 9.38. The Morgan fingerprint density at radius 3 is 2.52 bits per heavy atom. The smallest absolute Gasteiger partial charge is 0.416 e. The van der Waals surface area contributed by atoms with Crippen LogP contribution in [-0.4, -0.2) is 35.5 Å². The molecular formula is C21H17F5N2O2S. The van der Waals surface area contributed by atoms with Gasteiger partial charge in [0.15, 0.2) is 0 Å². The van der Waals surface area contributed by atoms with Crippen LogP contribution in [0, 0.1) is 0 Å². The first-order valence-electron chi connectivity index (χ1n) is 9.53. The van der Waals surface area contributed by atoms with Crippen LogP contribution in [0.5, 0.6) is 5.75 Å². The van der Waals surface area contributed by atoms with Crippen molar-refractivity contribution in [2.75, 3.05) is 13.1 Å². The summed E-state index contributed by atoms with van der Waals surface area (Å²) in [6.07, 6.45) is -3.26. The van der Waals surface area contributed by atoms with Gasteiger partial charge in [-0.25, -0.2) is 4.98 Å². The van der Waals surface area contributed by atoms with Crippen LogP contribution in [0.2, 0.25) is 0 Å². The molecule has 2 aromatic carbocycles. The van der Waals surface area contributed by atoms with Crippen molar-refractivity contribution in [3.63, 3.8) is 0 Å². The predicted molar refractivity (Wildman–Crippen MR) is 106 cm³/mol. The first-order chi connectivity index (χ1) is 14.7. The molecule has 0 aliphatic carbocycles. The summed E-state index contributed by atoms with van der Waals surface area (Å²) in [5, 5.41) is 0.739. The molecule has 1 aliphatic rings. The number of alkyl halides is 5. The fraction of sp³-hybridized carbons (Fsp3) is 0.333. The van der Waals surface area contributed by atoms with Crippen LogP contribution < -0.4 is 4.74 Å². The van der Waals surface area contributed by atoms with Crippen LogP contribution in [-0.2, 0) is 6.18 Å². The van der Waals surface area contributed by atoms with Crippen LogP contribution in [0.3, 0.4) is 0 Å². The molecule has 2 heterocycles. The number of ether oxygens (including phenoxy) is 1. The molecule has 0 atom stereocenters. The Balaban J connectivity index is 1.46. The first-order valence-corrected chi connectivity index (χ1v) is 10.3. The number of likely N-dealkylation sites (tertiary alicyclic amines) is 1. The maximum atomic E-state index is 12.9. The second-order valence-electron chi connectivity index (χ2n) is 7.17. The zero-order valence-electron chi connectivity index (χ0n) is 16.0. The van der Waals surface area contributed by atoms with Crippen LogP contribution in [0.15, 0.2) is 42.5 Å². The van der Waals surface area contributed by atoms with Crippen molar-refractivity contribution >= 4 is 27.5 Å². The molecule has 4 nitrogen and oxygen atoms in total. The molecule has 164 valence electrons. The Morgan fingerprint density at radius 2 is 1.84 bits per heavy atom. The number of thiazole rings is 1. The van der Waals surface area contributed by atoms with Gasteiger partial charge < -0.3 is 9.64 Å². The Labute approximate surface area is 178 Å². The lowest BCUT2D eigenvalue weighted by molar-refractivity contribution is -0.137. The highest BCUT2D eigenvalue weighted by atomic mass is 32.1. The average molecular weight is 456 g/mol. The highest BCUT2D eigenvalue weighted by Gasteiger charge is 2.32. The van der Waals surface area contributed by atoms with Gasteiger partial charge in [0.2, 0.25) is 0 Å². The summed E-state index contributed by atoms with van der Waals surface area (Å²) in [5.74, 6) is -0.548. The number of rotatable bonds is 4. The monoisotopic (exact) mass is 456 g/mol. The second-order valence-corrected chi connectivity index (χ2v) is 8.24. The lowest BCUT2D eigenvalue weighted by atomic mass is 9.97. The number of nitrogens with zero attached hydrogens (tertiary/aromatic N) is 2.